The van der Waals surface area contributed by atoms with Crippen LogP contribution in [0.1, 0.15) is 45.2 Å². The van der Waals surface area contributed by atoms with Crippen LogP contribution in [0.3, 0.4) is 0 Å². The largest absolute Gasteiger partial charge is 0.479 e. The maximum absolute atomic E-state index is 11.2. The van der Waals surface area contributed by atoms with Gasteiger partial charge in [-0.1, -0.05) is 31.5 Å². The third-order valence-electron chi connectivity index (χ3n) is 3.11. The SMILES string of the molecule is CCCNC(C)c1ccc(OC(CC)C(N)=O)c(Cl)c1. The highest BCUT2D eigenvalue weighted by Gasteiger charge is 2.17. The van der Waals surface area contributed by atoms with Crippen molar-refractivity contribution in [3.8, 4) is 5.75 Å². The van der Waals surface area contributed by atoms with E-state index in [1.807, 2.05) is 19.1 Å². The van der Waals surface area contributed by atoms with Gasteiger partial charge in [0.25, 0.3) is 5.91 Å². The number of carbonyl (C=O) groups is 1. The van der Waals surface area contributed by atoms with Gasteiger partial charge >= 0.3 is 0 Å². The number of hydrogen-bond acceptors (Lipinski definition) is 3. The molecule has 3 N–H and O–H groups in total. The first-order valence-electron chi connectivity index (χ1n) is 6.98. The lowest BCUT2D eigenvalue weighted by Gasteiger charge is -2.18. The molecule has 1 rings (SSSR count). The van der Waals surface area contributed by atoms with Gasteiger partial charge in [-0.3, -0.25) is 4.79 Å². The first kappa shape index (κ1) is 16.8. The Labute approximate surface area is 125 Å². The molecule has 1 aromatic carbocycles. The Morgan fingerprint density at radius 3 is 2.65 bits per heavy atom. The summed E-state index contributed by atoms with van der Waals surface area (Å²) in [5.41, 5.74) is 6.35. The zero-order valence-corrected chi connectivity index (χ0v) is 13.0. The van der Waals surface area contributed by atoms with E-state index in [0.29, 0.717) is 17.2 Å². The van der Waals surface area contributed by atoms with Crippen LogP contribution < -0.4 is 15.8 Å². The molecule has 0 aliphatic rings. The van der Waals surface area contributed by atoms with Crippen LogP contribution in [-0.4, -0.2) is 18.6 Å². The van der Waals surface area contributed by atoms with Gasteiger partial charge in [-0.15, -0.1) is 0 Å². The molecule has 0 fully saturated rings. The van der Waals surface area contributed by atoms with Crippen molar-refractivity contribution in [3.05, 3.63) is 28.8 Å². The molecule has 0 saturated carbocycles. The molecule has 0 spiro atoms. The number of amides is 1. The van der Waals surface area contributed by atoms with Crippen LogP contribution in [0, 0.1) is 0 Å². The summed E-state index contributed by atoms with van der Waals surface area (Å²) in [4.78, 5) is 11.2. The minimum atomic E-state index is -0.644. The van der Waals surface area contributed by atoms with Crippen LogP contribution in [0.4, 0.5) is 0 Å². The Kier molecular flexibility index (Phi) is 6.82. The summed E-state index contributed by atoms with van der Waals surface area (Å²) in [7, 11) is 0. The fourth-order valence-corrected chi connectivity index (χ4v) is 2.09. The van der Waals surface area contributed by atoms with E-state index in [-0.39, 0.29) is 6.04 Å². The van der Waals surface area contributed by atoms with E-state index in [1.54, 1.807) is 6.07 Å². The number of benzene rings is 1. The number of carbonyl (C=O) groups excluding carboxylic acids is 1. The highest BCUT2D eigenvalue weighted by molar-refractivity contribution is 6.32. The molecule has 20 heavy (non-hydrogen) atoms. The van der Waals surface area contributed by atoms with Crippen LogP contribution >= 0.6 is 11.6 Å². The van der Waals surface area contributed by atoms with Crippen molar-refractivity contribution in [2.24, 2.45) is 5.73 Å². The number of primary amides is 1. The van der Waals surface area contributed by atoms with Gasteiger partial charge in [0.05, 0.1) is 5.02 Å². The van der Waals surface area contributed by atoms with Crippen LogP contribution in [0.25, 0.3) is 0 Å². The van der Waals surface area contributed by atoms with Crippen LogP contribution in [0.15, 0.2) is 18.2 Å². The summed E-state index contributed by atoms with van der Waals surface area (Å²) in [5, 5.41) is 3.88. The van der Waals surface area contributed by atoms with Crippen LogP contribution in [0.5, 0.6) is 5.75 Å². The van der Waals surface area contributed by atoms with Crippen molar-refractivity contribution < 1.29 is 9.53 Å². The lowest BCUT2D eigenvalue weighted by Crippen LogP contribution is -2.33. The summed E-state index contributed by atoms with van der Waals surface area (Å²) >= 11 is 6.21. The molecule has 1 amide bonds. The maximum atomic E-state index is 11.2. The van der Waals surface area contributed by atoms with Gasteiger partial charge in [0.2, 0.25) is 0 Å². The molecule has 0 bridgehead atoms. The normalized spacial score (nSPS) is 13.8. The summed E-state index contributed by atoms with van der Waals surface area (Å²) < 4.78 is 5.54. The Hall–Kier alpha value is -1.26. The average Bonchev–Trinajstić information content (AvgIpc) is 2.42. The van der Waals surface area contributed by atoms with Crippen molar-refractivity contribution in [1.29, 1.82) is 0 Å². The molecule has 0 saturated heterocycles. The number of ether oxygens (including phenoxy) is 1. The smallest absolute Gasteiger partial charge is 0.258 e. The van der Waals surface area contributed by atoms with E-state index in [1.165, 1.54) is 0 Å². The van der Waals surface area contributed by atoms with Crippen molar-refractivity contribution in [3.63, 3.8) is 0 Å². The topological polar surface area (TPSA) is 64.3 Å². The van der Waals surface area contributed by atoms with Gasteiger partial charge in [-0.2, -0.15) is 0 Å². The predicted octanol–water partition coefficient (Wildman–Crippen LogP) is 3.04. The van der Waals surface area contributed by atoms with E-state index < -0.39 is 12.0 Å². The fourth-order valence-electron chi connectivity index (χ4n) is 1.86. The molecule has 0 aromatic heterocycles. The highest BCUT2D eigenvalue weighted by atomic mass is 35.5. The number of nitrogens with two attached hydrogens (primary N) is 1. The molecule has 1 aromatic rings. The van der Waals surface area contributed by atoms with Crippen molar-refractivity contribution >= 4 is 17.5 Å². The molecular weight excluding hydrogens is 276 g/mol. The summed E-state index contributed by atoms with van der Waals surface area (Å²) in [6, 6.07) is 5.81. The first-order chi connectivity index (χ1) is 9.49. The molecule has 0 heterocycles. The Morgan fingerprint density at radius 1 is 1.45 bits per heavy atom. The van der Waals surface area contributed by atoms with Gasteiger partial charge in [0.1, 0.15) is 5.75 Å². The third kappa shape index (κ3) is 4.69. The van der Waals surface area contributed by atoms with Crippen LogP contribution in [0.2, 0.25) is 5.02 Å². The molecule has 5 heteroatoms. The number of hydrogen-bond donors (Lipinski definition) is 2. The molecular formula is C15H23ClN2O2. The third-order valence-corrected chi connectivity index (χ3v) is 3.41. The summed E-state index contributed by atoms with van der Waals surface area (Å²) in [5.74, 6) is 0.00869. The highest BCUT2D eigenvalue weighted by Crippen LogP contribution is 2.29. The van der Waals surface area contributed by atoms with Crippen molar-refractivity contribution in [1.82, 2.24) is 5.32 Å². The van der Waals surface area contributed by atoms with Gasteiger partial charge < -0.3 is 15.8 Å². The maximum Gasteiger partial charge on any atom is 0.258 e. The van der Waals surface area contributed by atoms with Gasteiger partial charge in [-0.25, -0.2) is 0 Å². The lowest BCUT2D eigenvalue weighted by molar-refractivity contribution is -0.124. The molecule has 4 nitrogen and oxygen atoms in total. The second kappa shape index (κ2) is 8.12. The molecule has 2 unspecified atom stereocenters. The molecule has 0 aliphatic carbocycles. The number of rotatable bonds is 8. The quantitative estimate of drug-likeness (QED) is 0.775. The second-order valence-corrected chi connectivity index (χ2v) is 5.19. The van der Waals surface area contributed by atoms with Gasteiger partial charge in [0.15, 0.2) is 6.10 Å². The monoisotopic (exact) mass is 298 g/mol. The van der Waals surface area contributed by atoms with Crippen molar-refractivity contribution in [2.45, 2.75) is 45.8 Å². The minimum absolute atomic E-state index is 0.222. The zero-order valence-electron chi connectivity index (χ0n) is 12.3. The standard InChI is InChI=1S/C15H23ClN2O2/c1-4-8-18-10(3)11-6-7-14(12(16)9-11)20-13(5-2)15(17)19/h6-7,9-10,13,18H,4-5,8H2,1-3H3,(H2,17,19). The number of halogens is 1. The van der Waals surface area contributed by atoms with E-state index in [9.17, 15) is 4.79 Å². The summed E-state index contributed by atoms with van der Waals surface area (Å²) in [6.07, 6.45) is 0.951. The first-order valence-corrected chi connectivity index (χ1v) is 7.36. The molecule has 112 valence electrons. The molecule has 2 atom stereocenters. The van der Waals surface area contributed by atoms with E-state index in [4.69, 9.17) is 22.1 Å². The van der Waals surface area contributed by atoms with Gasteiger partial charge in [0, 0.05) is 6.04 Å². The number of nitrogens with one attached hydrogen (secondary N) is 1. The van der Waals surface area contributed by atoms with Crippen molar-refractivity contribution in [2.75, 3.05) is 6.54 Å². The average molecular weight is 299 g/mol. The van der Waals surface area contributed by atoms with E-state index in [2.05, 4.69) is 19.2 Å². The van der Waals surface area contributed by atoms with E-state index >= 15 is 0 Å². The minimum Gasteiger partial charge on any atom is -0.479 e. The fraction of sp³-hybridized carbons (Fsp3) is 0.533. The Balaban J connectivity index is 2.79. The zero-order chi connectivity index (χ0) is 15.1. The molecule has 0 radical (unpaired) electrons. The summed E-state index contributed by atoms with van der Waals surface area (Å²) in [6.45, 7) is 7.00. The Bertz CT molecular complexity index is 451. The van der Waals surface area contributed by atoms with E-state index in [0.717, 1.165) is 18.5 Å². The van der Waals surface area contributed by atoms with Crippen LogP contribution in [-0.2, 0) is 4.79 Å². The van der Waals surface area contributed by atoms with Gasteiger partial charge in [-0.05, 0) is 44.0 Å². The predicted molar refractivity (Wildman–Crippen MR) is 82.1 cm³/mol. The second-order valence-electron chi connectivity index (χ2n) is 4.78. The Morgan fingerprint density at radius 2 is 2.15 bits per heavy atom. The molecule has 0 aliphatic heterocycles. The lowest BCUT2D eigenvalue weighted by atomic mass is 10.1.